The van der Waals surface area contributed by atoms with Crippen molar-refractivity contribution in [2.45, 2.75) is 39.2 Å². The van der Waals surface area contributed by atoms with Crippen LogP contribution in [-0.2, 0) is 0 Å². The number of nitrogens with zero attached hydrogens (tertiary/aromatic N) is 2. The van der Waals surface area contributed by atoms with Gasteiger partial charge in [0.1, 0.15) is 11.5 Å². The van der Waals surface area contributed by atoms with E-state index in [-0.39, 0.29) is 23.5 Å². The quantitative estimate of drug-likeness (QED) is 0.788. The fraction of sp³-hybridized carbons (Fsp3) is 0.545. The first-order valence-electron chi connectivity index (χ1n) is 5.55. The first-order valence-corrected chi connectivity index (χ1v) is 5.55. The Balaban J connectivity index is 2.64. The van der Waals surface area contributed by atoms with Gasteiger partial charge in [-0.3, -0.25) is 9.78 Å². The first kappa shape index (κ1) is 12.4. The van der Waals surface area contributed by atoms with Crippen LogP contribution < -0.4 is 11.1 Å². The molecular weight excluding hydrogens is 204 g/mol. The number of amides is 1. The van der Waals surface area contributed by atoms with E-state index in [9.17, 15) is 4.79 Å². The third-order valence-corrected chi connectivity index (χ3v) is 2.35. The second-order valence-electron chi connectivity index (χ2n) is 3.70. The average Bonchev–Trinajstić information content (AvgIpc) is 2.28. The lowest BCUT2D eigenvalue weighted by Crippen LogP contribution is -2.34. The molecule has 0 radical (unpaired) electrons. The Labute approximate surface area is 95.5 Å². The largest absolute Gasteiger partial charge is 0.382 e. The fourth-order valence-corrected chi connectivity index (χ4v) is 1.48. The van der Waals surface area contributed by atoms with E-state index in [1.54, 1.807) is 0 Å². The topological polar surface area (TPSA) is 80.9 Å². The van der Waals surface area contributed by atoms with Gasteiger partial charge in [0.15, 0.2) is 0 Å². The normalized spacial score (nSPS) is 12.1. The van der Waals surface area contributed by atoms with Gasteiger partial charge in [0, 0.05) is 6.04 Å². The minimum Gasteiger partial charge on any atom is -0.382 e. The summed E-state index contributed by atoms with van der Waals surface area (Å²) in [5, 5.41) is 2.91. The predicted molar refractivity (Wildman–Crippen MR) is 62.9 cm³/mol. The molecule has 0 aliphatic rings. The molecule has 0 saturated heterocycles. The third kappa shape index (κ3) is 3.49. The highest BCUT2D eigenvalue weighted by Gasteiger charge is 2.12. The van der Waals surface area contributed by atoms with E-state index in [1.165, 1.54) is 12.4 Å². The van der Waals surface area contributed by atoms with Crippen molar-refractivity contribution in [3.63, 3.8) is 0 Å². The number of rotatable bonds is 5. The van der Waals surface area contributed by atoms with Crippen LogP contribution in [0.3, 0.4) is 0 Å². The molecule has 16 heavy (non-hydrogen) atoms. The standard InChI is InChI=1S/C11H18N4O/c1-3-5-8(4-2)14-11(16)9-6-13-7-10(12)15-9/h6-8H,3-5H2,1-2H3,(H2,12,15)(H,14,16). The Morgan fingerprint density at radius 3 is 2.81 bits per heavy atom. The summed E-state index contributed by atoms with van der Waals surface area (Å²) in [6.45, 7) is 4.14. The van der Waals surface area contributed by atoms with Crippen molar-refractivity contribution in [1.82, 2.24) is 15.3 Å². The molecule has 3 N–H and O–H groups in total. The number of aromatic nitrogens is 2. The van der Waals surface area contributed by atoms with Crippen LogP contribution in [-0.4, -0.2) is 21.9 Å². The van der Waals surface area contributed by atoms with Gasteiger partial charge in [-0.1, -0.05) is 20.3 Å². The van der Waals surface area contributed by atoms with Crippen LogP contribution in [0.15, 0.2) is 12.4 Å². The number of nitrogens with two attached hydrogens (primary N) is 1. The molecule has 0 aliphatic heterocycles. The van der Waals surface area contributed by atoms with Crippen LogP contribution in [0.25, 0.3) is 0 Å². The molecule has 0 aliphatic carbocycles. The van der Waals surface area contributed by atoms with Gasteiger partial charge in [0.05, 0.1) is 12.4 Å². The van der Waals surface area contributed by atoms with Gasteiger partial charge in [-0.05, 0) is 12.8 Å². The lowest BCUT2D eigenvalue weighted by atomic mass is 10.1. The van der Waals surface area contributed by atoms with Gasteiger partial charge < -0.3 is 11.1 Å². The van der Waals surface area contributed by atoms with E-state index in [0.717, 1.165) is 19.3 Å². The van der Waals surface area contributed by atoms with Crippen LogP contribution in [0, 0.1) is 0 Å². The molecule has 1 aromatic rings. The van der Waals surface area contributed by atoms with Crippen molar-refractivity contribution >= 4 is 11.7 Å². The SMILES string of the molecule is CCCC(CC)NC(=O)c1cncc(N)n1. The van der Waals surface area contributed by atoms with Crippen molar-refractivity contribution in [3.8, 4) is 0 Å². The molecule has 0 bridgehead atoms. The highest BCUT2D eigenvalue weighted by atomic mass is 16.1. The van der Waals surface area contributed by atoms with Crippen molar-refractivity contribution in [3.05, 3.63) is 18.1 Å². The molecule has 1 unspecified atom stereocenters. The van der Waals surface area contributed by atoms with E-state index < -0.39 is 0 Å². The van der Waals surface area contributed by atoms with Gasteiger partial charge in [-0.25, -0.2) is 4.98 Å². The minimum atomic E-state index is -0.208. The summed E-state index contributed by atoms with van der Waals surface area (Å²) in [4.78, 5) is 19.5. The Bertz CT molecular complexity index is 354. The van der Waals surface area contributed by atoms with Gasteiger partial charge in [0.2, 0.25) is 0 Å². The van der Waals surface area contributed by atoms with Crippen LogP contribution >= 0.6 is 0 Å². The Morgan fingerprint density at radius 1 is 1.50 bits per heavy atom. The van der Waals surface area contributed by atoms with E-state index in [1.807, 2.05) is 6.92 Å². The molecule has 1 rings (SSSR count). The maximum Gasteiger partial charge on any atom is 0.271 e. The van der Waals surface area contributed by atoms with E-state index in [0.29, 0.717) is 0 Å². The minimum absolute atomic E-state index is 0.195. The number of carbonyl (C=O) groups is 1. The lowest BCUT2D eigenvalue weighted by molar-refractivity contribution is 0.0928. The zero-order chi connectivity index (χ0) is 12.0. The van der Waals surface area contributed by atoms with Crippen LogP contribution in [0.1, 0.15) is 43.6 Å². The Morgan fingerprint density at radius 2 is 2.25 bits per heavy atom. The summed E-state index contributed by atoms with van der Waals surface area (Å²) in [5.74, 6) is 0.0521. The van der Waals surface area contributed by atoms with Crippen molar-refractivity contribution < 1.29 is 4.79 Å². The molecule has 5 heteroatoms. The summed E-state index contributed by atoms with van der Waals surface area (Å²) < 4.78 is 0. The second-order valence-corrected chi connectivity index (χ2v) is 3.70. The van der Waals surface area contributed by atoms with E-state index in [4.69, 9.17) is 5.73 Å². The van der Waals surface area contributed by atoms with Crippen molar-refractivity contribution in [1.29, 1.82) is 0 Å². The summed E-state index contributed by atoms with van der Waals surface area (Å²) in [5.41, 5.74) is 5.74. The summed E-state index contributed by atoms with van der Waals surface area (Å²) in [7, 11) is 0. The van der Waals surface area contributed by atoms with Gasteiger partial charge in [0.25, 0.3) is 5.91 Å². The van der Waals surface area contributed by atoms with Gasteiger partial charge in [-0.2, -0.15) is 0 Å². The molecule has 1 heterocycles. The molecule has 1 atom stereocenters. The fourth-order valence-electron chi connectivity index (χ4n) is 1.48. The van der Waals surface area contributed by atoms with Gasteiger partial charge >= 0.3 is 0 Å². The zero-order valence-corrected chi connectivity index (χ0v) is 9.73. The highest BCUT2D eigenvalue weighted by molar-refractivity contribution is 5.92. The van der Waals surface area contributed by atoms with Crippen LogP contribution in [0.5, 0.6) is 0 Å². The summed E-state index contributed by atoms with van der Waals surface area (Å²) in [6, 6.07) is 0.195. The summed E-state index contributed by atoms with van der Waals surface area (Å²) in [6.07, 6.45) is 5.76. The molecule has 0 spiro atoms. The van der Waals surface area contributed by atoms with Crippen molar-refractivity contribution in [2.24, 2.45) is 0 Å². The van der Waals surface area contributed by atoms with Crippen LogP contribution in [0.2, 0.25) is 0 Å². The molecule has 1 aromatic heterocycles. The third-order valence-electron chi connectivity index (χ3n) is 2.35. The number of nitrogens with one attached hydrogen (secondary N) is 1. The predicted octanol–water partition coefficient (Wildman–Crippen LogP) is 1.37. The number of hydrogen-bond acceptors (Lipinski definition) is 4. The molecule has 88 valence electrons. The zero-order valence-electron chi connectivity index (χ0n) is 9.73. The molecule has 0 fully saturated rings. The first-order chi connectivity index (χ1) is 7.67. The van der Waals surface area contributed by atoms with Crippen LogP contribution in [0.4, 0.5) is 5.82 Å². The molecular formula is C11H18N4O. The monoisotopic (exact) mass is 222 g/mol. The highest BCUT2D eigenvalue weighted by Crippen LogP contribution is 2.03. The number of anilines is 1. The number of hydrogen-bond donors (Lipinski definition) is 2. The van der Waals surface area contributed by atoms with E-state index >= 15 is 0 Å². The Hall–Kier alpha value is -1.65. The Kier molecular flexibility index (Phi) is 4.69. The molecule has 5 nitrogen and oxygen atoms in total. The molecule has 0 aromatic carbocycles. The second kappa shape index (κ2) is 6.05. The molecule has 0 saturated carbocycles. The smallest absolute Gasteiger partial charge is 0.271 e. The van der Waals surface area contributed by atoms with Gasteiger partial charge in [-0.15, -0.1) is 0 Å². The van der Waals surface area contributed by atoms with Crippen molar-refractivity contribution in [2.75, 3.05) is 5.73 Å². The molecule has 1 amide bonds. The average molecular weight is 222 g/mol. The maximum absolute atomic E-state index is 11.8. The van der Waals surface area contributed by atoms with E-state index in [2.05, 4.69) is 22.2 Å². The lowest BCUT2D eigenvalue weighted by Gasteiger charge is -2.15. The summed E-state index contributed by atoms with van der Waals surface area (Å²) >= 11 is 0. The number of carbonyl (C=O) groups excluding carboxylic acids is 1. The maximum atomic E-state index is 11.8. The number of nitrogen functional groups attached to an aromatic ring is 1.